The summed E-state index contributed by atoms with van der Waals surface area (Å²) in [5, 5.41) is 0. The minimum Gasteiger partial charge on any atom is -0.369 e. The van der Waals surface area contributed by atoms with Crippen LogP contribution in [-0.4, -0.2) is 13.1 Å². The molecule has 0 saturated heterocycles. The molecule has 1 aromatic rings. The fourth-order valence-electron chi connectivity index (χ4n) is 2.22. The number of nitrogens with two attached hydrogens (primary N) is 1. The second-order valence-corrected chi connectivity index (χ2v) is 6.19. The summed E-state index contributed by atoms with van der Waals surface area (Å²) in [5.41, 5.74) is 7.32. The van der Waals surface area contributed by atoms with Crippen molar-refractivity contribution in [2.45, 2.75) is 40.7 Å². The fraction of sp³-hybridized carbons (Fsp3) is 0.625. The quantitative estimate of drug-likeness (QED) is 0.844. The highest BCUT2D eigenvalue weighted by Crippen LogP contribution is 2.24. The second kappa shape index (κ2) is 6.90. The predicted molar refractivity (Wildman–Crippen MR) is 80.9 cm³/mol. The summed E-state index contributed by atoms with van der Waals surface area (Å²) in [6.07, 6.45) is 0. The van der Waals surface area contributed by atoms with Crippen LogP contribution in [0.5, 0.6) is 0 Å². The van der Waals surface area contributed by atoms with Gasteiger partial charge in [-0.05, 0) is 36.5 Å². The maximum absolute atomic E-state index is 14.3. The van der Waals surface area contributed by atoms with Gasteiger partial charge in [-0.1, -0.05) is 33.8 Å². The Morgan fingerprint density at radius 2 is 1.58 bits per heavy atom. The molecular weight excluding hydrogens is 239 g/mol. The summed E-state index contributed by atoms with van der Waals surface area (Å²) in [7, 11) is 0. The third kappa shape index (κ3) is 4.83. The van der Waals surface area contributed by atoms with E-state index in [2.05, 4.69) is 32.6 Å². The average Bonchev–Trinajstić information content (AvgIpc) is 2.26. The molecule has 0 amide bonds. The van der Waals surface area contributed by atoms with E-state index in [4.69, 9.17) is 5.73 Å². The van der Waals surface area contributed by atoms with Gasteiger partial charge in [0.25, 0.3) is 0 Å². The number of halogens is 1. The SMILES string of the molecule is CC(C)CN(CC(C)C)c1ccc([C@@H](C)N)cc1F. The van der Waals surface area contributed by atoms with Crippen molar-refractivity contribution in [1.29, 1.82) is 0 Å². The summed E-state index contributed by atoms with van der Waals surface area (Å²) in [4.78, 5) is 2.13. The molecule has 0 bridgehead atoms. The Bertz CT molecular complexity index is 390. The molecule has 2 N–H and O–H groups in total. The molecule has 0 aliphatic carbocycles. The maximum Gasteiger partial charge on any atom is 0.146 e. The number of hydrogen-bond acceptors (Lipinski definition) is 2. The van der Waals surface area contributed by atoms with Gasteiger partial charge in [-0.2, -0.15) is 0 Å². The molecule has 2 nitrogen and oxygen atoms in total. The van der Waals surface area contributed by atoms with Crippen molar-refractivity contribution in [3.05, 3.63) is 29.6 Å². The monoisotopic (exact) mass is 266 g/mol. The first-order valence-electron chi connectivity index (χ1n) is 7.11. The van der Waals surface area contributed by atoms with E-state index in [1.54, 1.807) is 6.07 Å². The number of anilines is 1. The topological polar surface area (TPSA) is 29.3 Å². The van der Waals surface area contributed by atoms with Crippen molar-refractivity contribution in [3.63, 3.8) is 0 Å². The van der Waals surface area contributed by atoms with Crippen LogP contribution in [0, 0.1) is 17.7 Å². The van der Waals surface area contributed by atoms with E-state index in [1.165, 1.54) is 0 Å². The van der Waals surface area contributed by atoms with Gasteiger partial charge < -0.3 is 10.6 Å². The smallest absolute Gasteiger partial charge is 0.146 e. The molecule has 1 rings (SSSR count). The van der Waals surface area contributed by atoms with Crippen LogP contribution in [0.15, 0.2) is 18.2 Å². The standard InChI is InChI=1S/C16H27FN2/c1-11(2)9-19(10-12(3)4)16-7-6-14(13(5)18)8-15(16)17/h6-8,11-13H,9-10,18H2,1-5H3/t13-/m1/s1. The third-order valence-corrected chi connectivity index (χ3v) is 3.01. The Kier molecular flexibility index (Phi) is 5.80. The van der Waals surface area contributed by atoms with Gasteiger partial charge in [-0.25, -0.2) is 4.39 Å². The van der Waals surface area contributed by atoms with E-state index in [9.17, 15) is 4.39 Å². The molecule has 0 aliphatic rings. The van der Waals surface area contributed by atoms with Gasteiger partial charge in [0.15, 0.2) is 0 Å². The van der Waals surface area contributed by atoms with Gasteiger partial charge in [-0.3, -0.25) is 0 Å². The molecule has 3 heteroatoms. The van der Waals surface area contributed by atoms with E-state index in [0.717, 1.165) is 18.7 Å². The molecule has 0 spiro atoms. The predicted octanol–water partition coefficient (Wildman–Crippen LogP) is 3.96. The highest BCUT2D eigenvalue weighted by molar-refractivity contribution is 5.49. The Morgan fingerprint density at radius 1 is 1.05 bits per heavy atom. The zero-order valence-corrected chi connectivity index (χ0v) is 12.8. The summed E-state index contributed by atoms with van der Waals surface area (Å²) >= 11 is 0. The van der Waals surface area contributed by atoms with Crippen LogP contribution in [-0.2, 0) is 0 Å². The van der Waals surface area contributed by atoms with Gasteiger partial charge in [0, 0.05) is 19.1 Å². The zero-order chi connectivity index (χ0) is 14.6. The number of rotatable bonds is 6. The van der Waals surface area contributed by atoms with Gasteiger partial charge >= 0.3 is 0 Å². The minimum absolute atomic E-state index is 0.132. The molecule has 0 aromatic heterocycles. The molecule has 0 aliphatic heterocycles. The highest BCUT2D eigenvalue weighted by Gasteiger charge is 2.15. The molecule has 108 valence electrons. The third-order valence-electron chi connectivity index (χ3n) is 3.01. The van der Waals surface area contributed by atoms with Crippen LogP contribution >= 0.6 is 0 Å². The van der Waals surface area contributed by atoms with Crippen molar-refractivity contribution < 1.29 is 4.39 Å². The van der Waals surface area contributed by atoms with E-state index >= 15 is 0 Å². The van der Waals surface area contributed by atoms with Gasteiger partial charge in [-0.15, -0.1) is 0 Å². The lowest BCUT2D eigenvalue weighted by molar-refractivity contribution is 0.537. The fourth-order valence-corrected chi connectivity index (χ4v) is 2.22. The molecule has 0 heterocycles. The molecule has 1 atom stereocenters. The molecule has 0 radical (unpaired) electrons. The van der Waals surface area contributed by atoms with E-state index in [0.29, 0.717) is 17.5 Å². The summed E-state index contributed by atoms with van der Waals surface area (Å²) in [6, 6.07) is 5.22. The van der Waals surface area contributed by atoms with Crippen molar-refractivity contribution >= 4 is 5.69 Å². The first-order valence-corrected chi connectivity index (χ1v) is 7.11. The summed E-state index contributed by atoms with van der Waals surface area (Å²) in [6.45, 7) is 12.2. The number of benzene rings is 1. The first-order chi connectivity index (χ1) is 8.81. The van der Waals surface area contributed by atoms with Gasteiger partial charge in [0.05, 0.1) is 5.69 Å². The van der Waals surface area contributed by atoms with Crippen LogP contribution < -0.4 is 10.6 Å². The lowest BCUT2D eigenvalue weighted by Gasteiger charge is -2.29. The Hall–Kier alpha value is -1.09. The van der Waals surface area contributed by atoms with E-state index in [1.807, 2.05) is 19.1 Å². The van der Waals surface area contributed by atoms with Crippen molar-refractivity contribution in [1.82, 2.24) is 0 Å². The van der Waals surface area contributed by atoms with E-state index < -0.39 is 0 Å². The van der Waals surface area contributed by atoms with Crippen LogP contribution in [0.25, 0.3) is 0 Å². The molecule has 1 aromatic carbocycles. The normalized spacial score (nSPS) is 13.1. The van der Waals surface area contributed by atoms with Crippen LogP contribution in [0.3, 0.4) is 0 Å². The zero-order valence-electron chi connectivity index (χ0n) is 12.8. The lowest BCUT2D eigenvalue weighted by atomic mass is 10.1. The summed E-state index contributed by atoms with van der Waals surface area (Å²) < 4.78 is 14.3. The Balaban J connectivity index is 3.01. The van der Waals surface area contributed by atoms with Crippen molar-refractivity contribution in [3.8, 4) is 0 Å². The van der Waals surface area contributed by atoms with Crippen LogP contribution in [0.4, 0.5) is 10.1 Å². The molecule has 19 heavy (non-hydrogen) atoms. The van der Waals surface area contributed by atoms with Crippen molar-refractivity contribution in [2.24, 2.45) is 17.6 Å². The molecular formula is C16H27FN2. The molecule has 0 unspecified atom stereocenters. The number of nitrogens with zero attached hydrogens (tertiary/aromatic N) is 1. The Labute approximate surface area is 116 Å². The summed E-state index contributed by atoms with van der Waals surface area (Å²) in [5.74, 6) is 0.841. The lowest BCUT2D eigenvalue weighted by Crippen LogP contribution is -2.32. The van der Waals surface area contributed by atoms with Crippen molar-refractivity contribution in [2.75, 3.05) is 18.0 Å². The maximum atomic E-state index is 14.3. The second-order valence-electron chi connectivity index (χ2n) is 6.19. The average molecular weight is 266 g/mol. The van der Waals surface area contributed by atoms with Gasteiger partial charge in [0.2, 0.25) is 0 Å². The molecule has 0 saturated carbocycles. The van der Waals surface area contributed by atoms with Crippen LogP contribution in [0.2, 0.25) is 0 Å². The Morgan fingerprint density at radius 3 is 1.95 bits per heavy atom. The molecule has 0 fully saturated rings. The van der Waals surface area contributed by atoms with Crippen LogP contribution in [0.1, 0.15) is 46.2 Å². The van der Waals surface area contributed by atoms with Gasteiger partial charge in [0.1, 0.15) is 5.82 Å². The highest BCUT2D eigenvalue weighted by atomic mass is 19.1. The largest absolute Gasteiger partial charge is 0.369 e. The first kappa shape index (κ1) is 16.0. The minimum atomic E-state index is -0.170. The van der Waals surface area contributed by atoms with E-state index in [-0.39, 0.29) is 11.9 Å². The number of hydrogen-bond donors (Lipinski definition) is 1.